The number of fused-ring (bicyclic) bond motifs is 1. The molecule has 0 radical (unpaired) electrons. The highest BCUT2D eigenvalue weighted by Gasteiger charge is 2.11. The van der Waals surface area contributed by atoms with E-state index in [1.54, 1.807) is 0 Å². The van der Waals surface area contributed by atoms with Gasteiger partial charge in [0.25, 0.3) is 0 Å². The minimum Gasteiger partial charge on any atom is -0.346 e. The molecular weight excluding hydrogens is 196 g/mol. The molecule has 0 fully saturated rings. The number of rotatable bonds is 2. The normalized spacial score (nSPS) is 11.6. The van der Waals surface area contributed by atoms with Crippen LogP contribution in [0.5, 0.6) is 0 Å². The van der Waals surface area contributed by atoms with Crippen molar-refractivity contribution >= 4 is 10.9 Å². The van der Waals surface area contributed by atoms with E-state index in [1.807, 2.05) is 0 Å². The molecule has 0 amide bonds. The summed E-state index contributed by atoms with van der Waals surface area (Å²) in [4.78, 5) is 0. The molecule has 0 bridgehead atoms. The molecule has 0 saturated carbocycles. The molecule has 0 aliphatic rings. The first-order valence-corrected chi connectivity index (χ1v) is 5.84. The van der Waals surface area contributed by atoms with E-state index in [9.17, 15) is 0 Å². The van der Waals surface area contributed by atoms with Gasteiger partial charge in [-0.2, -0.15) is 0 Å². The summed E-state index contributed by atoms with van der Waals surface area (Å²) in [6, 6.07) is 6.72. The van der Waals surface area contributed by atoms with Gasteiger partial charge in [-0.25, -0.2) is 0 Å². The van der Waals surface area contributed by atoms with E-state index in [0.29, 0.717) is 12.5 Å². The number of benzene rings is 1. The van der Waals surface area contributed by atoms with E-state index >= 15 is 0 Å². The SMILES string of the molecule is Cc1c(CN)n(C)c2ccc(C(C)C)cc12. The Morgan fingerprint density at radius 2 is 2.00 bits per heavy atom. The standard InChI is InChI=1S/C14H20N2/c1-9(2)11-5-6-13-12(7-11)10(3)14(8-15)16(13)4/h5-7,9H,8,15H2,1-4H3. The Kier molecular flexibility index (Phi) is 2.76. The lowest BCUT2D eigenvalue weighted by molar-refractivity contribution is 0.840. The van der Waals surface area contributed by atoms with Crippen molar-refractivity contribution in [3.63, 3.8) is 0 Å². The first kappa shape index (κ1) is 11.2. The average Bonchev–Trinajstić information content (AvgIpc) is 2.51. The average molecular weight is 216 g/mol. The topological polar surface area (TPSA) is 30.9 Å². The zero-order valence-corrected chi connectivity index (χ0v) is 10.5. The van der Waals surface area contributed by atoms with Gasteiger partial charge in [-0.1, -0.05) is 19.9 Å². The second-order valence-electron chi connectivity index (χ2n) is 4.77. The summed E-state index contributed by atoms with van der Waals surface area (Å²) in [5.41, 5.74) is 11.0. The number of hydrogen-bond donors (Lipinski definition) is 1. The van der Waals surface area contributed by atoms with Crippen LogP contribution >= 0.6 is 0 Å². The number of nitrogens with two attached hydrogens (primary N) is 1. The van der Waals surface area contributed by atoms with Crippen molar-refractivity contribution in [2.75, 3.05) is 0 Å². The van der Waals surface area contributed by atoms with Crippen LogP contribution in [0.15, 0.2) is 18.2 Å². The lowest BCUT2D eigenvalue weighted by Crippen LogP contribution is -2.04. The molecule has 1 aromatic heterocycles. The van der Waals surface area contributed by atoms with Crippen LogP contribution in [-0.2, 0) is 13.6 Å². The second kappa shape index (κ2) is 3.95. The van der Waals surface area contributed by atoms with Crippen molar-refractivity contribution in [3.05, 3.63) is 35.0 Å². The van der Waals surface area contributed by atoms with E-state index < -0.39 is 0 Å². The fraction of sp³-hybridized carbons (Fsp3) is 0.429. The van der Waals surface area contributed by atoms with Gasteiger partial charge in [0.15, 0.2) is 0 Å². The number of aryl methyl sites for hydroxylation is 2. The Morgan fingerprint density at radius 3 is 2.56 bits per heavy atom. The van der Waals surface area contributed by atoms with Gasteiger partial charge in [-0.15, -0.1) is 0 Å². The minimum absolute atomic E-state index is 0.574. The third-order valence-electron chi connectivity index (χ3n) is 3.48. The Bertz CT molecular complexity index is 521. The maximum atomic E-state index is 5.79. The third-order valence-corrected chi connectivity index (χ3v) is 3.48. The maximum Gasteiger partial charge on any atom is 0.0483 e. The van der Waals surface area contributed by atoms with Gasteiger partial charge >= 0.3 is 0 Å². The van der Waals surface area contributed by atoms with Gasteiger partial charge in [0.05, 0.1) is 0 Å². The molecule has 1 aromatic carbocycles. The zero-order valence-electron chi connectivity index (χ0n) is 10.5. The number of aromatic nitrogens is 1. The molecule has 0 aliphatic carbocycles. The predicted molar refractivity (Wildman–Crippen MR) is 69.6 cm³/mol. The molecule has 0 saturated heterocycles. The van der Waals surface area contributed by atoms with Crippen LogP contribution in [0.25, 0.3) is 10.9 Å². The largest absolute Gasteiger partial charge is 0.346 e. The molecule has 2 nitrogen and oxygen atoms in total. The number of nitrogens with zero attached hydrogens (tertiary/aromatic N) is 1. The van der Waals surface area contributed by atoms with Crippen LogP contribution < -0.4 is 5.73 Å². The molecule has 2 N–H and O–H groups in total. The molecule has 2 heteroatoms. The molecule has 0 unspecified atom stereocenters. The van der Waals surface area contributed by atoms with E-state index in [4.69, 9.17) is 5.73 Å². The third kappa shape index (κ3) is 1.54. The van der Waals surface area contributed by atoms with Gasteiger partial charge in [0, 0.05) is 30.2 Å². The van der Waals surface area contributed by atoms with Gasteiger partial charge in [-0.05, 0) is 36.1 Å². The monoisotopic (exact) mass is 216 g/mol. The van der Waals surface area contributed by atoms with Gasteiger partial charge in [-0.3, -0.25) is 0 Å². The highest BCUT2D eigenvalue weighted by Crippen LogP contribution is 2.27. The molecular formula is C14H20N2. The van der Waals surface area contributed by atoms with Crippen LogP contribution in [-0.4, -0.2) is 4.57 Å². The lowest BCUT2D eigenvalue weighted by atomic mass is 10.0. The summed E-state index contributed by atoms with van der Waals surface area (Å²) < 4.78 is 2.20. The highest BCUT2D eigenvalue weighted by molar-refractivity contribution is 5.86. The highest BCUT2D eigenvalue weighted by atomic mass is 15.0. The summed E-state index contributed by atoms with van der Waals surface area (Å²) in [7, 11) is 2.09. The van der Waals surface area contributed by atoms with Crippen molar-refractivity contribution in [2.24, 2.45) is 12.8 Å². The molecule has 2 rings (SSSR count). The van der Waals surface area contributed by atoms with Gasteiger partial charge in [0.1, 0.15) is 0 Å². The Morgan fingerprint density at radius 1 is 1.31 bits per heavy atom. The summed E-state index contributed by atoms with van der Waals surface area (Å²) in [6.45, 7) is 7.22. The Balaban J connectivity index is 2.74. The molecule has 16 heavy (non-hydrogen) atoms. The summed E-state index contributed by atoms with van der Waals surface area (Å²) >= 11 is 0. The van der Waals surface area contributed by atoms with Crippen LogP contribution in [0.3, 0.4) is 0 Å². The maximum absolute atomic E-state index is 5.79. The first-order chi connectivity index (χ1) is 7.56. The predicted octanol–water partition coefficient (Wildman–Crippen LogP) is 3.07. The van der Waals surface area contributed by atoms with Crippen LogP contribution in [0.1, 0.15) is 36.6 Å². The summed E-state index contributed by atoms with van der Waals surface area (Å²) in [6.07, 6.45) is 0. The van der Waals surface area contributed by atoms with Gasteiger partial charge in [0.2, 0.25) is 0 Å². The van der Waals surface area contributed by atoms with Crippen LogP contribution in [0.4, 0.5) is 0 Å². The molecule has 1 heterocycles. The smallest absolute Gasteiger partial charge is 0.0483 e. The second-order valence-corrected chi connectivity index (χ2v) is 4.77. The van der Waals surface area contributed by atoms with Crippen molar-refractivity contribution in [1.82, 2.24) is 4.57 Å². The van der Waals surface area contributed by atoms with Crippen LogP contribution in [0, 0.1) is 6.92 Å². The first-order valence-electron chi connectivity index (χ1n) is 5.84. The molecule has 0 atom stereocenters. The molecule has 0 spiro atoms. The van der Waals surface area contributed by atoms with E-state index in [2.05, 4.69) is 50.6 Å². The van der Waals surface area contributed by atoms with Crippen molar-refractivity contribution in [1.29, 1.82) is 0 Å². The Hall–Kier alpha value is -1.28. The summed E-state index contributed by atoms with van der Waals surface area (Å²) in [5, 5.41) is 1.34. The van der Waals surface area contributed by atoms with E-state index in [0.717, 1.165) is 0 Å². The van der Waals surface area contributed by atoms with Crippen molar-refractivity contribution < 1.29 is 0 Å². The fourth-order valence-corrected chi connectivity index (χ4v) is 2.35. The fourth-order valence-electron chi connectivity index (χ4n) is 2.35. The minimum atomic E-state index is 0.574. The zero-order chi connectivity index (χ0) is 11.9. The van der Waals surface area contributed by atoms with Crippen LogP contribution in [0.2, 0.25) is 0 Å². The molecule has 86 valence electrons. The quantitative estimate of drug-likeness (QED) is 0.821. The lowest BCUT2D eigenvalue weighted by Gasteiger charge is -2.05. The van der Waals surface area contributed by atoms with E-state index in [-0.39, 0.29) is 0 Å². The van der Waals surface area contributed by atoms with E-state index in [1.165, 1.54) is 27.7 Å². The summed E-state index contributed by atoms with van der Waals surface area (Å²) in [5.74, 6) is 0.574. The molecule has 2 aromatic rings. The Labute approximate surface area is 97.1 Å². The van der Waals surface area contributed by atoms with Crippen molar-refractivity contribution in [3.8, 4) is 0 Å². The molecule has 0 aliphatic heterocycles. The van der Waals surface area contributed by atoms with Crippen molar-refractivity contribution in [2.45, 2.75) is 33.2 Å². The number of hydrogen-bond acceptors (Lipinski definition) is 1. The van der Waals surface area contributed by atoms with Gasteiger partial charge < -0.3 is 10.3 Å².